The number of nitrogens with two attached hydrogens (primary N) is 1. The SMILES string of the molecule is Cl.NCCOc1ccc(C(=O)O)cc1Nc1ccc2c(n1)N(C(=O)Nc1ccccc1)CCO2. The lowest BCUT2D eigenvalue weighted by Crippen LogP contribution is -2.41. The Morgan fingerprint density at radius 2 is 1.94 bits per heavy atom. The number of carbonyl (C=O) groups is 2. The number of carbonyl (C=O) groups excluding carboxylic acids is 1. The van der Waals surface area contributed by atoms with E-state index in [0.29, 0.717) is 54.2 Å². The van der Waals surface area contributed by atoms with Gasteiger partial charge in [0, 0.05) is 12.2 Å². The number of urea groups is 1. The van der Waals surface area contributed by atoms with Crippen molar-refractivity contribution in [3.8, 4) is 11.5 Å². The predicted molar refractivity (Wildman–Crippen MR) is 131 cm³/mol. The number of carboxylic acid groups (broad SMARTS) is 1. The fourth-order valence-corrected chi connectivity index (χ4v) is 3.27. The van der Waals surface area contributed by atoms with Gasteiger partial charge in [0.2, 0.25) is 0 Å². The Morgan fingerprint density at radius 1 is 1.15 bits per heavy atom. The molecule has 1 aliphatic rings. The fourth-order valence-electron chi connectivity index (χ4n) is 3.27. The Labute approximate surface area is 202 Å². The maximum Gasteiger partial charge on any atom is 0.335 e. The molecule has 34 heavy (non-hydrogen) atoms. The number of aromatic nitrogens is 1. The van der Waals surface area contributed by atoms with Gasteiger partial charge in [0.15, 0.2) is 11.6 Å². The molecular weight excluding hydrogens is 462 g/mol. The molecule has 0 atom stereocenters. The first-order chi connectivity index (χ1) is 16.0. The second-order valence-electron chi connectivity index (χ2n) is 7.09. The van der Waals surface area contributed by atoms with E-state index in [4.69, 9.17) is 15.2 Å². The number of benzene rings is 2. The monoisotopic (exact) mass is 485 g/mol. The highest BCUT2D eigenvalue weighted by atomic mass is 35.5. The summed E-state index contributed by atoms with van der Waals surface area (Å²) in [5.74, 6) is 0.558. The molecule has 2 aromatic carbocycles. The number of pyridine rings is 1. The maximum absolute atomic E-state index is 12.9. The Balaban J connectivity index is 0.00000324. The Hall–Kier alpha value is -4.02. The van der Waals surface area contributed by atoms with E-state index in [-0.39, 0.29) is 30.6 Å². The van der Waals surface area contributed by atoms with E-state index in [1.165, 1.54) is 17.0 Å². The van der Waals surface area contributed by atoms with Crippen molar-refractivity contribution in [3.05, 3.63) is 66.2 Å². The van der Waals surface area contributed by atoms with E-state index in [0.717, 1.165) is 0 Å². The van der Waals surface area contributed by atoms with Crippen LogP contribution in [0.1, 0.15) is 10.4 Å². The molecule has 2 amide bonds. The van der Waals surface area contributed by atoms with Gasteiger partial charge in [-0.1, -0.05) is 18.2 Å². The van der Waals surface area contributed by atoms with E-state index >= 15 is 0 Å². The number of amides is 2. The molecule has 11 heteroatoms. The summed E-state index contributed by atoms with van der Waals surface area (Å²) in [6.45, 7) is 1.23. The predicted octanol–water partition coefficient (Wildman–Crippen LogP) is 3.71. The van der Waals surface area contributed by atoms with Crippen molar-refractivity contribution >= 4 is 47.4 Å². The quantitative estimate of drug-likeness (QED) is 0.397. The molecule has 10 nitrogen and oxygen atoms in total. The first-order valence-electron chi connectivity index (χ1n) is 10.3. The van der Waals surface area contributed by atoms with Crippen LogP contribution < -0.4 is 30.7 Å². The minimum Gasteiger partial charge on any atom is -0.490 e. The second-order valence-corrected chi connectivity index (χ2v) is 7.09. The van der Waals surface area contributed by atoms with Gasteiger partial charge in [-0.15, -0.1) is 12.4 Å². The van der Waals surface area contributed by atoms with Gasteiger partial charge in [-0.05, 0) is 42.5 Å². The van der Waals surface area contributed by atoms with E-state index in [9.17, 15) is 14.7 Å². The number of aromatic carboxylic acids is 1. The van der Waals surface area contributed by atoms with Gasteiger partial charge >= 0.3 is 12.0 Å². The number of hydrogen-bond donors (Lipinski definition) is 4. The zero-order valence-electron chi connectivity index (χ0n) is 18.1. The second kappa shape index (κ2) is 11.2. The van der Waals surface area contributed by atoms with E-state index in [1.807, 2.05) is 18.2 Å². The normalized spacial score (nSPS) is 12.0. The zero-order valence-corrected chi connectivity index (χ0v) is 18.9. The highest BCUT2D eigenvalue weighted by Crippen LogP contribution is 2.34. The lowest BCUT2D eigenvalue weighted by Gasteiger charge is -2.29. The van der Waals surface area contributed by atoms with Crippen molar-refractivity contribution < 1.29 is 24.2 Å². The van der Waals surface area contributed by atoms with Crippen LogP contribution in [0.2, 0.25) is 0 Å². The van der Waals surface area contributed by atoms with Gasteiger partial charge in [0.25, 0.3) is 0 Å². The molecule has 0 radical (unpaired) electrons. The average molecular weight is 486 g/mol. The largest absolute Gasteiger partial charge is 0.490 e. The van der Waals surface area contributed by atoms with Crippen LogP contribution in [0.4, 0.5) is 27.8 Å². The molecule has 1 aliphatic heterocycles. The number of halogens is 1. The summed E-state index contributed by atoms with van der Waals surface area (Å²) in [5.41, 5.74) is 6.68. The lowest BCUT2D eigenvalue weighted by molar-refractivity contribution is 0.0697. The average Bonchev–Trinajstić information content (AvgIpc) is 2.83. The van der Waals surface area contributed by atoms with Crippen molar-refractivity contribution in [2.24, 2.45) is 5.73 Å². The van der Waals surface area contributed by atoms with Crippen molar-refractivity contribution in [2.45, 2.75) is 0 Å². The number of fused-ring (bicyclic) bond motifs is 1. The molecule has 0 aliphatic carbocycles. The molecule has 4 rings (SSSR count). The first kappa shape index (κ1) is 24.6. The molecule has 0 unspecified atom stereocenters. The summed E-state index contributed by atoms with van der Waals surface area (Å²) in [6.07, 6.45) is 0. The number of carboxylic acids is 1. The summed E-state index contributed by atoms with van der Waals surface area (Å²) in [7, 11) is 0. The number of nitrogens with one attached hydrogen (secondary N) is 2. The fraction of sp³-hybridized carbons (Fsp3) is 0.174. The van der Waals surface area contributed by atoms with Gasteiger partial charge in [0.1, 0.15) is 24.8 Å². The third kappa shape index (κ3) is 5.66. The third-order valence-electron chi connectivity index (χ3n) is 4.80. The van der Waals surface area contributed by atoms with Crippen molar-refractivity contribution in [2.75, 3.05) is 41.8 Å². The topological polar surface area (TPSA) is 139 Å². The Bertz CT molecular complexity index is 1160. The molecule has 0 bridgehead atoms. The molecule has 0 spiro atoms. The van der Waals surface area contributed by atoms with Crippen LogP contribution in [0.15, 0.2) is 60.7 Å². The lowest BCUT2D eigenvalue weighted by atomic mass is 10.2. The standard InChI is InChI=1S/C23H23N5O5.ClH/c24-10-12-32-18-7-6-15(22(29)30)14-17(18)26-20-9-8-19-21(27-20)28(11-13-33-19)23(31)25-16-4-2-1-3-5-16;/h1-9,14H,10-13,24H2,(H,25,31)(H,26,27)(H,29,30);1H. The smallest absolute Gasteiger partial charge is 0.335 e. The van der Waals surface area contributed by atoms with Crippen molar-refractivity contribution in [3.63, 3.8) is 0 Å². The van der Waals surface area contributed by atoms with E-state index in [2.05, 4.69) is 15.6 Å². The number of ether oxygens (including phenoxy) is 2. The highest BCUT2D eigenvalue weighted by Gasteiger charge is 2.26. The molecule has 1 aromatic heterocycles. The maximum atomic E-state index is 12.9. The van der Waals surface area contributed by atoms with Gasteiger partial charge in [-0.25, -0.2) is 14.6 Å². The minimum atomic E-state index is -1.07. The van der Waals surface area contributed by atoms with Crippen LogP contribution >= 0.6 is 12.4 Å². The van der Waals surface area contributed by atoms with E-state index < -0.39 is 5.97 Å². The van der Waals surface area contributed by atoms with Crippen LogP contribution in [-0.4, -0.2) is 48.4 Å². The van der Waals surface area contributed by atoms with E-state index in [1.54, 1.807) is 30.3 Å². The summed E-state index contributed by atoms with van der Waals surface area (Å²) in [6, 6.07) is 16.6. The Morgan fingerprint density at radius 3 is 2.68 bits per heavy atom. The molecule has 5 N–H and O–H groups in total. The minimum absolute atomic E-state index is 0. The number of rotatable bonds is 7. The summed E-state index contributed by atoms with van der Waals surface area (Å²) >= 11 is 0. The Kier molecular flexibility index (Phi) is 8.12. The first-order valence-corrected chi connectivity index (χ1v) is 10.3. The van der Waals surface area contributed by atoms with Crippen molar-refractivity contribution in [1.82, 2.24) is 4.98 Å². The van der Waals surface area contributed by atoms with Crippen molar-refractivity contribution in [1.29, 1.82) is 0 Å². The summed E-state index contributed by atoms with van der Waals surface area (Å²) < 4.78 is 11.3. The molecular formula is C23H24ClN5O5. The molecule has 178 valence electrons. The molecule has 0 fully saturated rings. The van der Waals surface area contributed by atoms with Gasteiger partial charge in [-0.3, -0.25) is 4.90 Å². The van der Waals surface area contributed by atoms with Gasteiger partial charge in [0.05, 0.1) is 17.8 Å². The van der Waals surface area contributed by atoms with Gasteiger partial charge in [-0.2, -0.15) is 0 Å². The highest BCUT2D eigenvalue weighted by molar-refractivity contribution is 6.02. The summed E-state index contributed by atoms with van der Waals surface area (Å²) in [5, 5.41) is 15.3. The molecule has 0 saturated carbocycles. The number of para-hydroxylation sites is 1. The van der Waals surface area contributed by atoms with Crippen LogP contribution in [0.3, 0.4) is 0 Å². The van der Waals surface area contributed by atoms with Crippen LogP contribution in [0.25, 0.3) is 0 Å². The number of nitrogens with zero attached hydrogens (tertiary/aromatic N) is 2. The van der Waals surface area contributed by atoms with Crippen LogP contribution in [-0.2, 0) is 0 Å². The zero-order chi connectivity index (χ0) is 23.2. The summed E-state index contributed by atoms with van der Waals surface area (Å²) in [4.78, 5) is 30.4. The van der Waals surface area contributed by atoms with Gasteiger partial charge < -0.3 is 30.9 Å². The third-order valence-corrected chi connectivity index (χ3v) is 4.80. The molecule has 2 heterocycles. The number of anilines is 4. The molecule has 3 aromatic rings. The van der Waals surface area contributed by atoms with Crippen LogP contribution in [0, 0.1) is 0 Å². The van der Waals surface area contributed by atoms with Crippen LogP contribution in [0.5, 0.6) is 11.5 Å². The molecule has 0 saturated heterocycles. The number of hydrogen-bond acceptors (Lipinski definition) is 7.